The minimum Gasteiger partial charge on any atom is -0.374 e. The molecule has 0 bridgehead atoms. The van der Waals surface area contributed by atoms with Crippen LogP contribution in [-0.2, 0) is 21.7 Å². The maximum atomic E-state index is 14.2. The van der Waals surface area contributed by atoms with E-state index in [2.05, 4.69) is 10.5 Å². The van der Waals surface area contributed by atoms with Gasteiger partial charge in [0.15, 0.2) is 5.82 Å². The van der Waals surface area contributed by atoms with Crippen molar-refractivity contribution in [2.75, 3.05) is 0 Å². The quantitative estimate of drug-likeness (QED) is 0.369. The van der Waals surface area contributed by atoms with Crippen LogP contribution in [0.4, 0.5) is 17.6 Å². The number of thiophene rings is 1. The molecule has 4 rings (SSSR count). The molecule has 2 heterocycles. The van der Waals surface area contributed by atoms with Gasteiger partial charge < -0.3 is 10.2 Å². The smallest absolute Gasteiger partial charge is 0.374 e. The molecule has 1 aliphatic heterocycles. The normalized spacial score (nSPS) is 22.8. The molecule has 1 aromatic heterocycles. The maximum Gasteiger partial charge on any atom is 0.435 e. The van der Waals surface area contributed by atoms with Gasteiger partial charge in [-0.1, -0.05) is 35.3 Å². The number of nitrogens with zero attached hydrogens (tertiary/aromatic N) is 1. The lowest BCUT2D eigenvalue weighted by atomic mass is 9.87. The predicted octanol–water partition coefficient (Wildman–Crippen LogP) is 6.68. The van der Waals surface area contributed by atoms with E-state index in [1.807, 2.05) is 0 Å². The molecule has 1 aliphatic carbocycles. The molecule has 2 aliphatic rings. The molecule has 11 heteroatoms. The number of alkyl halides is 3. The zero-order valence-corrected chi connectivity index (χ0v) is 19.1. The van der Waals surface area contributed by atoms with Gasteiger partial charge in [0.25, 0.3) is 5.60 Å². The van der Waals surface area contributed by atoms with Crippen molar-refractivity contribution in [3.63, 3.8) is 0 Å². The van der Waals surface area contributed by atoms with Gasteiger partial charge in [0.1, 0.15) is 5.71 Å². The molecule has 0 radical (unpaired) electrons. The lowest BCUT2D eigenvalue weighted by Crippen LogP contribution is -2.42. The fraction of sp³-hybridized carbons (Fsp3) is 0.429. The summed E-state index contributed by atoms with van der Waals surface area (Å²) in [6.07, 6.45) is -2.72. The van der Waals surface area contributed by atoms with Gasteiger partial charge in [-0.15, -0.1) is 11.3 Å². The topological polar surface area (TPSA) is 50.7 Å². The molecule has 0 fully saturated rings. The number of carbonyl (C=O) groups excluding carboxylic acids is 1. The standard InChI is InChI=1S/C21H18Cl2F4N2O2S/c1-2-18(30)28-14-4-3-5-16-11(14)8-17(32-16)15-9-20(31-29-15,21(25,26)27)10-6-12(22)19(24)13(23)7-10/h6-8,14H,2-5,9H2,1H3,(H,28,30). The van der Waals surface area contributed by atoms with Crippen LogP contribution in [0.3, 0.4) is 0 Å². The van der Waals surface area contributed by atoms with Crippen LogP contribution in [0.25, 0.3) is 0 Å². The van der Waals surface area contributed by atoms with Crippen LogP contribution in [0.15, 0.2) is 23.4 Å². The largest absolute Gasteiger partial charge is 0.435 e. The highest BCUT2D eigenvalue weighted by molar-refractivity contribution is 7.14. The third-order valence-electron chi connectivity index (χ3n) is 5.69. The summed E-state index contributed by atoms with van der Waals surface area (Å²) < 4.78 is 56.4. The van der Waals surface area contributed by atoms with Gasteiger partial charge in [-0.3, -0.25) is 4.79 Å². The number of benzene rings is 1. The Kier molecular flexibility index (Phi) is 6.19. The summed E-state index contributed by atoms with van der Waals surface area (Å²) in [5.41, 5.74) is -2.23. The van der Waals surface area contributed by atoms with Crippen LogP contribution >= 0.6 is 34.5 Å². The Labute approximate surface area is 195 Å². The number of carbonyl (C=O) groups is 1. The Bertz CT molecular complexity index is 1080. The molecular weight excluding hydrogens is 491 g/mol. The van der Waals surface area contributed by atoms with Gasteiger partial charge in [-0.2, -0.15) is 13.2 Å². The fourth-order valence-electron chi connectivity index (χ4n) is 3.97. The first kappa shape index (κ1) is 23.3. The number of nitrogens with one attached hydrogen (secondary N) is 1. The number of rotatable bonds is 4. The van der Waals surface area contributed by atoms with Crippen molar-refractivity contribution >= 4 is 46.2 Å². The summed E-state index contributed by atoms with van der Waals surface area (Å²) in [5.74, 6) is -1.09. The van der Waals surface area contributed by atoms with Crippen molar-refractivity contribution in [3.8, 4) is 0 Å². The molecule has 1 aromatic carbocycles. The van der Waals surface area contributed by atoms with Crippen molar-refractivity contribution in [2.24, 2.45) is 5.16 Å². The van der Waals surface area contributed by atoms with Gasteiger partial charge in [0.05, 0.1) is 27.4 Å². The van der Waals surface area contributed by atoms with Crippen molar-refractivity contribution in [3.05, 3.63) is 54.9 Å². The van der Waals surface area contributed by atoms with Crippen molar-refractivity contribution in [1.29, 1.82) is 0 Å². The first-order valence-electron chi connectivity index (χ1n) is 9.95. The molecule has 2 unspecified atom stereocenters. The molecule has 172 valence electrons. The van der Waals surface area contributed by atoms with E-state index in [9.17, 15) is 22.4 Å². The maximum absolute atomic E-state index is 14.2. The average molecular weight is 509 g/mol. The lowest BCUT2D eigenvalue weighted by Gasteiger charge is -2.29. The van der Waals surface area contributed by atoms with E-state index in [1.54, 1.807) is 13.0 Å². The molecule has 4 nitrogen and oxygen atoms in total. The third-order valence-corrected chi connectivity index (χ3v) is 7.50. The van der Waals surface area contributed by atoms with Crippen molar-refractivity contribution < 1.29 is 27.2 Å². The number of aryl methyl sites for hydroxylation is 1. The number of amides is 1. The Hall–Kier alpha value is -1.84. The molecule has 1 amide bonds. The zero-order chi connectivity index (χ0) is 23.3. The lowest BCUT2D eigenvalue weighted by molar-refractivity contribution is -0.275. The predicted molar refractivity (Wildman–Crippen MR) is 115 cm³/mol. The molecule has 1 N–H and O–H groups in total. The van der Waals surface area contributed by atoms with Crippen LogP contribution < -0.4 is 5.32 Å². The summed E-state index contributed by atoms with van der Waals surface area (Å²) >= 11 is 12.8. The molecular formula is C21H18Cl2F4N2O2S. The average Bonchev–Trinajstić information content (AvgIpc) is 3.37. The van der Waals surface area contributed by atoms with E-state index in [-0.39, 0.29) is 17.7 Å². The van der Waals surface area contributed by atoms with Gasteiger partial charge in [-0.25, -0.2) is 4.39 Å². The van der Waals surface area contributed by atoms with Crippen LogP contribution in [0.2, 0.25) is 10.0 Å². The second-order valence-corrected chi connectivity index (χ2v) is 9.69. The van der Waals surface area contributed by atoms with E-state index >= 15 is 0 Å². The summed E-state index contributed by atoms with van der Waals surface area (Å²) in [4.78, 5) is 18.4. The number of hydrogen-bond acceptors (Lipinski definition) is 4. The minimum atomic E-state index is -4.86. The number of hydrogen-bond donors (Lipinski definition) is 1. The minimum absolute atomic E-state index is 0.0849. The molecule has 2 atom stereocenters. The summed E-state index contributed by atoms with van der Waals surface area (Å²) in [6.45, 7) is 1.76. The molecule has 0 spiro atoms. The van der Waals surface area contributed by atoms with Crippen LogP contribution in [0, 0.1) is 5.82 Å². The second-order valence-electron chi connectivity index (χ2n) is 7.74. The van der Waals surface area contributed by atoms with E-state index in [1.165, 1.54) is 11.3 Å². The molecule has 0 saturated carbocycles. The second kappa shape index (κ2) is 8.50. The van der Waals surface area contributed by atoms with Gasteiger partial charge in [-0.05, 0) is 43.0 Å². The van der Waals surface area contributed by atoms with E-state index in [0.717, 1.165) is 41.8 Å². The summed E-state index contributed by atoms with van der Waals surface area (Å²) in [7, 11) is 0. The first-order chi connectivity index (χ1) is 15.1. The molecule has 2 aromatic rings. The first-order valence-corrected chi connectivity index (χ1v) is 11.5. The monoisotopic (exact) mass is 508 g/mol. The Morgan fingerprint density at radius 2 is 2.00 bits per heavy atom. The Balaban J connectivity index is 1.68. The highest BCUT2D eigenvalue weighted by Crippen LogP contribution is 2.51. The summed E-state index contributed by atoms with van der Waals surface area (Å²) in [5, 5.41) is 5.67. The van der Waals surface area contributed by atoms with Gasteiger partial charge >= 0.3 is 6.18 Å². The zero-order valence-electron chi connectivity index (χ0n) is 16.8. The highest BCUT2D eigenvalue weighted by Gasteiger charge is 2.62. The van der Waals surface area contributed by atoms with Gasteiger partial charge in [0, 0.05) is 16.9 Å². The fourth-order valence-corrected chi connectivity index (χ4v) is 5.70. The van der Waals surface area contributed by atoms with Crippen LogP contribution in [-0.4, -0.2) is 17.8 Å². The number of halogens is 6. The van der Waals surface area contributed by atoms with Crippen molar-refractivity contribution in [1.82, 2.24) is 5.32 Å². The van der Waals surface area contributed by atoms with E-state index < -0.39 is 39.6 Å². The van der Waals surface area contributed by atoms with E-state index in [0.29, 0.717) is 11.3 Å². The van der Waals surface area contributed by atoms with Crippen molar-refractivity contribution in [2.45, 2.75) is 56.8 Å². The number of oxime groups is 1. The molecule has 0 saturated heterocycles. The number of fused-ring (bicyclic) bond motifs is 1. The van der Waals surface area contributed by atoms with E-state index in [4.69, 9.17) is 28.0 Å². The van der Waals surface area contributed by atoms with Crippen LogP contribution in [0.1, 0.15) is 59.5 Å². The Morgan fingerprint density at radius 3 is 2.62 bits per heavy atom. The van der Waals surface area contributed by atoms with Gasteiger partial charge in [0.2, 0.25) is 5.91 Å². The highest BCUT2D eigenvalue weighted by atomic mass is 35.5. The third kappa shape index (κ3) is 3.99. The summed E-state index contributed by atoms with van der Waals surface area (Å²) in [6, 6.07) is 3.33. The SMILES string of the molecule is CCC(=O)NC1CCCc2sc(C3=NOC(c4cc(Cl)c(F)c(Cl)c4)(C(F)(F)F)C3)cc21. The Morgan fingerprint density at radius 1 is 1.31 bits per heavy atom. The molecule has 32 heavy (non-hydrogen) atoms. The van der Waals surface area contributed by atoms with Crippen LogP contribution in [0.5, 0.6) is 0 Å².